The number of benzene rings is 1. The minimum absolute atomic E-state index is 0.00351. The first-order valence-corrected chi connectivity index (χ1v) is 6.50. The van der Waals surface area contributed by atoms with Crippen molar-refractivity contribution in [3.05, 3.63) is 41.2 Å². The van der Waals surface area contributed by atoms with Gasteiger partial charge in [0, 0.05) is 6.07 Å². The quantitative estimate of drug-likeness (QED) is 0.904. The zero-order chi connectivity index (χ0) is 14.5. The molecule has 0 fully saturated rings. The van der Waals surface area contributed by atoms with Crippen LogP contribution < -0.4 is 15.2 Å². The number of halogens is 2. The van der Waals surface area contributed by atoms with Gasteiger partial charge in [0.05, 0.1) is 17.3 Å². The lowest BCUT2D eigenvalue weighted by molar-refractivity contribution is 0.302. The topological polar surface area (TPSA) is 57.4 Å². The Hall–Kier alpha value is -2.01. The molecule has 106 valence electrons. The molecule has 20 heavy (non-hydrogen) atoms. The summed E-state index contributed by atoms with van der Waals surface area (Å²) in [5.74, 6) is -0.182. The number of nitrogens with two attached hydrogens (primary N) is 1. The molecule has 0 saturated heterocycles. The fourth-order valence-corrected chi connectivity index (χ4v) is 1.65. The Morgan fingerprint density at radius 2 is 2.10 bits per heavy atom. The van der Waals surface area contributed by atoms with Crippen LogP contribution in [0.5, 0.6) is 17.5 Å². The highest BCUT2D eigenvalue weighted by Crippen LogP contribution is 2.30. The normalized spacial score (nSPS) is 10.3. The molecule has 0 atom stereocenters. The van der Waals surface area contributed by atoms with Gasteiger partial charge in [0.2, 0.25) is 11.8 Å². The average Bonchev–Trinajstić information content (AvgIpc) is 2.44. The molecule has 0 aliphatic heterocycles. The van der Waals surface area contributed by atoms with E-state index in [9.17, 15) is 4.39 Å². The third-order valence-corrected chi connectivity index (χ3v) is 2.73. The number of aromatic nitrogens is 1. The number of anilines is 1. The van der Waals surface area contributed by atoms with Crippen LogP contribution >= 0.6 is 11.6 Å². The molecule has 0 saturated carbocycles. The van der Waals surface area contributed by atoms with Crippen molar-refractivity contribution in [3.63, 3.8) is 0 Å². The maximum atomic E-state index is 13.7. The molecule has 6 heteroatoms. The predicted molar refractivity (Wildman–Crippen MR) is 75.9 cm³/mol. The van der Waals surface area contributed by atoms with Crippen LogP contribution in [0.1, 0.15) is 13.3 Å². The van der Waals surface area contributed by atoms with E-state index in [1.165, 1.54) is 18.2 Å². The van der Waals surface area contributed by atoms with Crippen molar-refractivity contribution in [2.24, 2.45) is 0 Å². The Morgan fingerprint density at radius 3 is 2.85 bits per heavy atom. The van der Waals surface area contributed by atoms with Crippen molar-refractivity contribution in [2.45, 2.75) is 13.3 Å². The zero-order valence-electron chi connectivity index (χ0n) is 10.9. The van der Waals surface area contributed by atoms with Gasteiger partial charge in [0.15, 0.2) is 11.6 Å². The summed E-state index contributed by atoms with van der Waals surface area (Å²) in [6, 6.07) is 7.62. The first kappa shape index (κ1) is 14.4. The molecule has 0 unspecified atom stereocenters. The fourth-order valence-electron chi connectivity index (χ4n) is 1.48. The number of rotatable bonds is 5. The molecule has 0 amide bonds. The van der Waals surface area contributed by atoms with E-state index in [1.54, 1.807) is 12.1 Å². The second-order valence-corrected chi connectivity index (χ2v) is 4.45. The van der Waals surface area contributed by atoms with E-state index >= 15 is 0 Å². The van der Waals surface area contributed by atoms with Crippen molar-refractivity contribution in [2.75, 3.05) is 12.3 Å². The SMILES string of the molecule is CCCOc1nc(Oc2cccc(Cl)c2F)ccc1N. The van der Waals surface area contributed by atoms with Gasteiger partial charge in [0.1, 0.15) is 0 Å². The van der Waals surface area contributed by atoms with Crippen LogP contribution in [0.4, 0.5) is 10.1 Å². The summed E-state index contributed by atoms with van der Waals surface area (Å²) in [5.41, 5.74) is 6.14. The van der Waals surface area contributed by atoms with Gasteiger partial charge in [-0.05, 0) is 24.6 Å². The summed E-state index contributed by atoms with van der Waals surface area (Å²) >= 11 is 5.68. The second-order valence-electron chi connectivity index (χ2n) is 4.05. The summed E-state index contributed by atoms with van der Waals surface area (Å²) in [4.78, 5) is 4.10. The van der Waals surface area contributed by atoms with Gasteiger partial charge < -0.3 is 15.2 Å². The molecule has 0 spiro atoms. The van der Waals surface area contributed by atoms with Crippen molar-refractivity contribution in [3.8, 4) is 17.5 Å². The van der Waals surface area contributed by atoms with Crippen LogP contribution in [0, 0.1) is 5.82 Å². The van der Waals surface area contributed by atoms with Gasteiger partial charge in [-0.15, -0.1) is 0 Å². The predicted octanol–water partition coefficient (Wildman–Crippen LogP) is 4.04. The van der Waals surface area contributed by atoms with Gasteiger partial charge in [-0.1, -0.05) is 24.6 Å². The molecule has 0 aliphatic rings. The van der Waals surface area contributed by atoms with Crippen molar-refractivity contribution in [1.29, 1.82) is 0 Å². The largest absolute Gasteiger partial charge is 0.476 e. The van der Waals surface area contributed by atoms with Crippen LogP contribution in [-0.4, -0.2) is 11.6 Å². The number of nitrogens with zero attached hydrogens (tertiary/aromatic N) is 1. The maximum absolute atomic E-state index is 13.7. The van der Waals surface area contributed by atoms with E-state index in [0.717, 1.165) is 6.42 Å². The summed E-state index contributed by atoms with van der Waals surface area (Å²) < 4.78 is 24.5. The third-order valence-electron chi connectivity index (χ3n) is 2.44. The van der Waals surface area contributed by atoms with Crippen molar-refractivity contribution < 1.29 is 13.9 Å². The van der Waals surface area contributed by atoms with E-state index in [-0.39, 0.29) is 22.5 Å². The van der Waals surface area contributed by atoms with Gasteiger partial charge in [-0.2, -0.15) is 4.98 Å². The summed E-state index contributed by atoms with van der Waals surface area (Å²) in [6.07, 6.45) is 0.828. The lowest BCUT2D eigenvalue weighted by Gasteiger charge is -2.10. The molecule has 2 rings (SSSR count). The number of ether oxygens (including phenoxy) is 2. The number of nitrogen functional groups attached to an aromatic ring is 1. The highest BCUT2D eigenvalue weighted by atomic mass is 35.5. The van der Waals surface area contributed by atoms with E-state index in [2.05, 4.69) is 4.98 Å². The van der Waals surface area contributed by atoms with E-state index in [4.69, 9.17) is 26.8 Å². The van der Waals surface area contributed by atoms with E-state index < -0.39 is 5.82 Å². The van der Waals surface area contributed by atoms with Gasteiger partial charge in [-0.25, -0.2) is 4.39 Å². The molecule has 1 aromatic heterocycles. The third kappa shape index (κ3) is 3.30. The van der Waals surface area contributed by atoms with Gasteiger partial charge in [-0.3, -0.25) is 0 Å². The molecule has 0 aliphatic carbocycles. The number of pyridine rings is 1. The van der Waals surface area contributed by atoms with Gasteiger partial charge in [0.25, 0.3) is 0 Å². The smallest absolute Gasteiger partial charge is 0.240 e. The Balaban J connectivity index is 2.23. The first-order valence-electron chi connectivity index (χ1n) is 6.13. The Morgan fingerprint density at radius 1 is 1.30 bits per heavy atom. The molecule has 2 aromatic rings. The Labute approximate surface area is 121 Å². The van der Waals surface area contributed by atoms with Crippen LogP contribution in [-0.2, 0) is 0 Å². The average molecular weight is 297 g/mol. The Bertz CT molecular complexity index is 608. The molecule has 2 N–H and O–H groups in total. The van der Waals surface area contributed by atoms with Crippen molar-refractivity contribution >= 4 is 17.3 Å². The highest BCUT2D eigenvalue weighted by molar-refractivity contribution is 6.30. The first-order chi connectivity index (χ1) is 9.61. The maximum Gasteiger partial charge on any atom is 0.240 e. The fraction of sp³-hybridized carbons (Fsp3) is 0.214. The van der Waals surface area contributed by atoms with Gasteiger partial charge >= 0.3 is 0 Å². The van der Waals surface area contributed by atoms with Crippen LogP contribution in [0.3, 0.4) is 0 Å². The van der Waals surface area contributed by atoms with Crippen molar-refractivity contribution in [1.82, 2.24) is 4.98 Å². The molecule has 1 heterocycles. The minimum Gasteiger partial charge on any atom is -0.476 e. The summed E-state index contributed by atoms with van der Waals surface area (Å²) in [7, 11) is 0. The number of hydrogen-bond donors (Lipinski definition) is 1. The second kappa shape index (κ2) is 6.43. The lowest BCUT2D eigenvalue weighted by Crippen LogP contribution is -2.02. The number of hydrogen-bond acceptors (Lipinski definition) is 4. The lowest BCUT2D eigenvalue weighted by atomic mass is 10.3. The van der Waals surface area contributed by atoms with E-state index in [1.807, 2.05) is 6.92 Å². The molecule has 0 radical (unpaired) electrons. The molecule has 0 bridgehead atoms. The summed E-state index contributed by atoms with van der Waals surface area (Å²) in [5, 5.41) is -0.0135. The van der Waals surface area contributed by atoms with E-state index in [0.29, 0.717) is 12.3 Å². The zero-order valence-corrected chi connectivity index (χ0v) is 11.7. The monoisotopic (exact) mass is 296 g/mol. The standard InChI is InChI=1S/C14H14ClFN2O2/c1-2-8-19-14-10(17)6-7-12(18-14)20-11-5-3-4-9(15)13(11)16/h3-7H,2,8,17H2,1H3. The molecule has 1 aromatic carbocycles. The molecule has 4 nitrogen and oxygen atoms in total. The highest BCUT2D eigenvalue weighted by Gasteiger charge is 2.11. The Kier molecular flexibility index (Phi) is 4.63. The molecular formula is C14H14ClFN2O2. The van der Waals surface area contributed by atoms with Crippen LogP contribution in [0.25, 0.3) is 0 Å². The van der Waals surface area contributed by atoms with Crippen LogP contribution in [0.2, 0.25) is 5.02 Å². The minimum atomic E-state index is -0.635. The summed E-state index contributed by atoms with van der Waals surface area (Å²) in [6.45, 7) is 2.46. The molecular weight excluding hydrogens is 283 g/mol. The van der Waals surface area contributed by atoms with Crippen LogP contribution in [0.15, 0.2) is 30.3 Å².